The van der Waals surface area contributed by atoms with Crippen molar-refractivity contribution in [1.29, 1.82) is 0 Å². The minimum absolute atomic E-state index is 0. The number of nitrogens with zero attached hydrogens (tertiary/aromatic N) is 3. The number of hydrogen-bond donors (Lipinski definition) is 0. The second-order valence-corrected chi connectivity index (χ2v) is 17.0. The van der Waals surface area contributed by atoms with Gasteiger partial charge in [-0.3, -0.25) is 0 Å². The molecule has 0 aliphatic carbocycles. The van der Waals surface area contributed by atoms with Crippen LogP contribution in [0.5, 0.6) is 0 Å². The van der Waals surface area contributed by atoms with Gasteiger partial charge >= 0.3 is 0 Å². The van der Waals surface area contributed by atoms with Gasteiger partial charge in [0.25, 0.3) is 0 Å². The first-order valence-electron chi connectivity index (χ1n) is 17.9. The molecule has 0 bridgehead atoms. The van der Waals surface area contributed by atoms with Gasteiger partial charge in [-0.05, 0) is 89.5 Å². The molecule has 4 heterocycles. The molecule has 1 radical (unpaired) electrons. The summed E-state index contributed by atoms with van der Waals surface area (Å²) >= 11 is 1.77. The van der Waals surface area contributed by atoms with Crippen LogP contribution in [-0.2, 0) is 31.9 Å². The summed E-state index contributed by atoms with van der Waals surface area (Å²) in [5.74, 6) is 0. The zero-order valence-corrected chi connectivity index (χ0v) is 35.1. The van der Waals surface area contributed by atoms with E-state index in [2.05, 4.69) is 127 Å². The monoisotopic (exact) mass is 892 g/mol. The molecule has 0 N–H and O–H groups in total. The van der Waals surface area contributed by atoms with Gasteiger partial charge in [0, 0.05) is 43.3 Å². The third kappa shape index (κ3) is 8.06. The van der Waals surface area contributed by atoms with Crippen LogP contribution in [-0.4, -0.2) is 15.0 Å². The normalized spacial score (nSPS) is 11.8. The van der Waals surface area contributed by atoms with E-state index in [1.54, 1.807) is 11.3 Å². The topological polar surface area (TPSA) is 51.8 Å². The molecule has 0 saturated heterocycles. The smallest absolute Gasteiger partial charge is 0.122 e. The Labute approximate surface area is 331 Å². The number of hydrogen-bond acceptors (Lipinski definition) is 5. The van der Waals surface area contributed by atoms with Crippen LogP contribution < -0.4 is 0 Å². The zero-order valence-electron chi connectivity index (χ0n) is 31.9. The molecule has 0 aliphatic rings. The maximum atomic E-state index is 6.55. The van der Waals surface area contributed by atoms with Crippen molar-refractivity contribution < 1.29 is 24.5 Å². The molecule has 8 rings (SSSR count). The second kappa shape index (κ2) is 15.1. The maximum absolute atomic E-state index is 6.55. The van der Waals surface area contributed by atoms with E-state index in [9.17, 15) is 0 Å². The third-order valence-corrected chi connectivity index (χ3v) is 10.7. The Morgan fingerprint density at radius 2 is 1.51 bits per heavy atom. The van der Waals surface area contributed by atoms with Crippen LogP contribution in [0.2, 0.25) is 0 Å². The Balaban J connectivity index is 0.000000289. The fourth-order valence-electron chi connectivity index (χ4n) is 6.71. The van der Waals surface area contributed by atoms with Gasteiger partial charge in [-0.25, -0.2) is 4.98 Å². The largest absolute Gasteiger partial charge is 0.501 e. The van der Waals surface area contributed by atoms with Gasteiger partial charge in [0.1, 0.15) is 5.58 Å². The van der Waals surface area contributed by atoms with Gasteiger partial charge in [-0.1, -0.05) is 88.9 Å². The first-order valence-corrected chi connectivity index (χ1v) is 18.7. The van der Waals surface area contributed by atoms with Crippen molar-refractivity contribution in [3.63, 3.8) is 0 Å². The van der Waals surface area contributed by atoms with Crippen LogP contribution in [0.1, 0.15) is 68.8 Å². The van der Waals surface area contributed by atoms with Crippen molar-refractivity contribution in [2.75, 3.05) is 0 Å². The molecule has 4 aromatic heterocycles. The van der Waals surface area contributed by atoms with Crippen LogP contribution in [0, 0.1) is 38.3 Å². The molecule has 4 aromatic carbocycles. The summed E-state index contributed by atoms with van der Waals surface area (Å²) < 4.78 is 7.73. The first kappa shape index (κ1) is 38.3. The Morgan fingerprint density at radius 3 is 2.17 bits per heavy atom. The number of furan rings is 1. The molecular formula is C47H45IrN3OS-2. The van der Waals surface area contributed by atoms with Crippen LogP contribution in [0.3, 0.4) is 0 Å². The summed E-state index contributed by atoms with van der Waals surface area (Å²) in [4.78, 5) is 14.3. The fourth-order valence-corrected chi connectivity index (χ4v) is 7.88. The second-order valence-electron chi connectivity index (χ2n) is 16.0. The summed E-state index contributed by atoms with van der Waals surface area (Å²) in [7, 11) is 0. The molecular weight excluding hydrogens is 847 g/mol. The Hall–Kier alpha value is -4.48. The molecule has 53 heavy (non-hydrogen) atoms. The van der Waals surface area contributed by atoms with E-state index in [4.69, 9.17) is 14.4 Å². The SMILES string of the molecule is Cc1ccc(-c2[c-]cccc2)nc1.Cc1cccc(C)c1-c1cc(-c2[c-]ccc3c2oc2ccc4nc(C(C)(C)C)sc4c23)ncc1CC(C)(C)C.[Ir]. The van der Waals surface area contributed by atoms with Gasteiger partial charge in [0.15, 0.2) is 0 Å². The van der Waals surface area contributed by atoms with Gasteiger partial charge < -0.3 is 14.4 Å². The maximum Gasteiger partial charge on any atom is 0.122 e. The molecule has 0 unspecified atom stereocenters. The standard InChI is InChI=1S/C35H35N2OS.C12H10N.Ir/c1-20-11-9-12-21(2)29(20)25-17-27(36-19-22(25)18-34(3,4)5)23-13-10-14-24-30-28(38-31(23)24)16-15-26-32(30)39-33(37-26)35(6,7)8;1-10-7-8-12(13-9-10)11-5-3-2-4-6-11;/h9-12,14-17,19H,18H2,1-8H3;2-5,7-9H,1H3;/q2*-1;. The van der Waals surface area contributed by atoms with E-state index < -0.39 is 0 Å². The van der Waals surface area contributed by atoms with Crippen LogP contribution in [0.15, 0.2) is 102 Å². The number of thiazole rings is 1. The Bertz CT molecular complexity index is 2520. The number of aryl methyl sites for hydroxylation is 3. The summed E-state index contributed by atoms with van der Waals surface area (Å²) in [6, 6.07) is 35.6. The van der Waals surface area contributed by atoms with Crippen molar-refractivity contribution in [1.82, 2.24) is 15.0 Å². The van der Waals surface area contributed by atoms with Crippen molar-refractivity contribution in [3.05, 3.63) is 137 Å². The van der Waals surface area contributed by atoms with Crippen molar-refractivity contribution in [2.45, 2.75) is 74.1 Å². The molecule has 0 atom stereocenters. The van der Waals surface area contributed by atoms with E-state index in [1.165, 1.54) is 38.1 Å². The summed E-state index contributed by atoms with van der Waals surface area (Å²) in [6.07, 6.45) is 4.88. The quantitative estimate of drug-likeness (QED) is 0.165. The van der Waals surface area contributed by atoms with Gasteiger partial charge in [-0.15, -0.1) is 65.4 Å². The molecule has 0 fully saturated rings. The summed E-state index contributed by atoms with van der Waals surface area (Å²) in [6.45, 7) is 19.9. The van der Waals surface area contributed by atoms with E-state index >= 15 is 0 Å². The number of benzene rings is 4. The van der Waals surface area contributed by atoms with Crippen LogP contribution in [0.4, 0.5) is 0 Å². The number of pyridine rings is 2. The number of aromatic nitrogens is 3. The van der Waals surface area contributed by atoms with Crippen molar-refractivity contribution in [3.8, 4) is 33.6 Å². The van der Waals surface area contributed by atoms with Gasteiger partial charge in [0.2, 0.25) is 0 Å². The van der Waals surface area contributed by atoms with Crippen molar-refractivity contribution >= 4 is 43.5 Å². The summed E-state index contributed by atoms with van der Waals surface area (Å²) in [5.41, 5.74) is 14.2. The van der Waals surface area contributed by atoms with E-state index in [0.29, 0.717) is 0 Å². The van der Waals surface area contributed by atoms with E-state index in [-0.39, 0.29) is 30.9 Å². The molecule has 0 saturated carbocycles. The third-order valence-electron chi connectivity index (χ3n) is 9.20. The predicted octanol–water partition coefficient (Wildman–Crippen LogP) is 13.1. The van der Waals surface area contributed by atoms with E-state index in [1.807, 2.05) is 49.5 Å². The Kier molecular flexibility index (Phi) is 10.9. The fraction of sp³-hybridized carbons (Fsp3) is 0.255. The molecule has 0 aliphatic heterocycles. The molecule has 0 amide bonds. The zero-order chi connectivity index (χ0) is 36.8. The molecule has 6 heteroatoms. The van der Waals surface area contributed by atoms with Crippen molar-refractivity contribution in [2.24, 2.45) is 5.41 Å². The molecule has 271 valence electrons. The minimum Gasteiger partial charge on any atom is -0.501 e. The van der Waals surface area contributed by atoms with Crippen LogP contribution in [0.25, 0.3) is 65.8 Å². The molecule has 8 aromatic rings. The number of fused-ring (bicyclic) bond motifs is 5. The summed E-state index contributed by atoms with van der Waals surface area (Å²) in [5, 5.41) is 3.35. The minimum atomic E-state index is -0.00267. The molecule has 4 nitrogen and oxygen atoms in total. The van der Waals surface area contributed by atoms with Crippen LogP contribution >= 0.6 is 11.3 Å². The average Bonchev–Trinajstić information content (AvgIpc) is 3.71. The van der Waals surface area contributed by atoms with E-state index in [0.717, 1.165) is 61.4 Å². The molecule has 0 spiro atoms. The van der Waals surface area contributed by atoms with Gasteiger partial charge in [0.05, 0.1) is 20.8 Å². The Morgan fingerprint density at radius 1 is 0.755 bits per heavy atom. The first-order chi connectivity index (χ1) is 24.8. The number of rotatable bonds is 4. The predicted molar refractivity (Wildman–Crippen MR) is 219 cm³/mol. The average molecular weight is 892 g/mol. The van der Waals surface area contributed by atoms with Gasteiger partial charge in [-0.2, -0.15) is 0 Å².